The third-order valence-electron chi connectivity index (χ3n) is 5.40. The molecule has 1 fully saturated rings. The van der Waals surface area contributed by atoms with Crippen LogP contribution in [0.1, 0.15) is 0 Å². The average molecular weight is 606 g/mol. The van der Waals surface area contributed by atoms with Gasteiger partial charge in [0, 0.05) is 5.56 Å². The summed E-state index contributed by atoms with van der Waals surface area (Å²) in [5.41, 5.74) is -1.30. The van der Waals surface area contributed by atoms with Crippen LogP contribution in [0.15, 0.2) is 51.7 Å². The fraction of sp³-hybridized carbons (Fsp3) is 0.238. The van der Waals surface area contributed by atoms with Crippen molar-refractivity contribution in [2.24, 2.45) is 0 Å². The number of benzene rings is 2. The first-order chi connectivity index (χ1) is 18.6. The summed E-state index contributed by atoms with van der Waals surface area (Å²) in [7, 11) is -10.5. The number of carboxylic acid groups (broad SMARTS) is 1. The molecule has 1 aliphatic heterocycles. The van der Waals surface area contributed by atoms with Gasteiger partial charge in [-0.25, -0.2) is 4.79 Å². The van der Waals surface area contributed by atoms with Gasteiger partial charge < -0.3 is 42.7 Å². The number of aliphatic hydroxyl groups excluding tert-OH is 3. The van der Waals surface area contributed by atoms with Gasteiger partial charge in [-0.05, 0) is 30.3 Å². The zero-order valence-electron chi connectivity index (χ0n) is 19.4. The van der Waals surface area contributed by atoms with Crippen molar-refractivity contribution < 1.29 is 73.4 Å². The van der Waals surface area contributed by atoms with Crippen LogP contribution >= 0.6 is 0 Å². The van der Waals surface area contributed by atoms with Crippen molar-refractivity contribution >= 4 is 37.7 Å². The zero-order valence-corrected chi connectivity index (χ0v) is 21.1. The first kappa shape index (κ1) is 29.2. The second kappa shape index (κ2) is 10.6. The lowest BCUT2D eigenvalue weighted by atomic mass is 9.99. The van der Waals surface area contributed by atoms with Gasteiger partial charge in [0.1, 0.15) is 23.9 Å². The summed E-state index contributed by atoms with van der Waals surface area (Å²) in [6, 6.07) is 8.02. The van der Waals surface area contributed by atoms with Crippen molar-refractivity contribution in [3.63, 3.8) is 0 Å². The number of carbonyl (C=O) groups is 1. The molecule has 2 aromatic carbocycles. The van der Waals surface area contributed by atoms with Crippen LogP contribution in [-0.4, -0.2) is 83.0 Å². The number of ether oxygens (including phenoxy) is 2. The highest BCUT2D eigenvalue weighted by Gasteiger charge is 2.48. The minimum atomic E-state index is -5.30. The van der Waals surface area contributed by atoms with Crippen LogP contribution in [-0.2, 0) is 30.3 Å². The van der Waals surface area contributed by atoms with Gasteiger partial charge in [-0.3, -0.25) is 13.9 Å². The Hall–Kier alpha value is -3.82. The Labute approximate surface area is 223 Å². The molecular weight excluding hydrogens is 588 g/mol. The Morgan fingerprint density at radius 3 is 2.10 bits per heavy atom. The predicted octanol–water partition coefficient (Wildman–Crippen LogP) is -0.906. The topological polar surface area (TPSA) is 274 Å². The van der Waals surface area contributed by atoms with E-state index in [-0.39, 0.29) is 16.5 Å². The molecular formula is C21H18O17S2. The standard InChI is InChI=1S/C21H18O17S2/c22-13-9-3-1-2-4-10(9)34-17(18(13)35-21-16(25)14(23)15(24)19(36-21)20(26)27)8-5-6-11(37-39(28,29)30)12(7-8)38-40(31,32)33/h1-7,14-16,19,21,23-25H,(H,26,27)(H,28,29,30)(H,31,32,33)/t14-,15-,16+,19-,21+/m1/s1. The number of fused-ring (bicyclic) bond motifs is 1. The maximum atomic E-state index is 13.4. The summed E-state index contributed by atoms with van der Waals surface area (Å²) in [6.07, 6.45) is -10.4. The fourth-order valence-corrected chi connectivity index (χ4v) is 4.42. The number of para-hydroxylation sites is 1. The lowest BCUT2D eigenvalue weighted by Crippen LogP contribution is -2.61. The van der Waals surface area contributed by atoms with Gasteiger partial charge in [-0.1, -0.05) is 12.1 Å². The highest BCUT2D eigenvalue weighted by Crippen LogP contribution is 2.39. The van der Waals surface area contributed by atoms with Crippen LogP contribution in [0, 0.1) is 0 Å². The molecule has 40 heavy (non-hydrogen) atoms. The Balaban J connectivity index is 1.90. The number of hydrogen-bond acceptors (Lipinski definition) is 14. The lowest BCUT2D eigenvalue weighted by Gasteiger charge is -2.38. The third kappa shape index (κ3) is 6.16. The monoisotopic (exact) mass is 606 g/mol. The molecule has 1 aliphatic rings. The van der Waals surface area contributed by atoms with Gasteiger partial charge in [0.25, 0.3) is 0 Å². The highest BCUT2D eigenvalue weighted by atomic mass is 32.3. The minimum Gasteiger partial charge on any atom is -0.479 e. The molecule has 6 N–H and O–H groups in total. The van der Waals surface area contributed by atoms with Crippen LogP contribution in [0.3, 0.4) is 0 Å². The molecule has 0 saturated carbocycles. The Morgan fingerprint density at radius 2 is 1.48 bits per heavy atom. The normalized spacial score (nSPS) is 23.5. The van der Waals surface area contributed by atoms with Gasteiger partial charge >= 0.3 is 26.8 Å². The van der Waals surface area contributed by atoms with E-state index < -0.39 is 85.9 Å². The number of aliphatic hydroxyl groups is 3. The molecule has 0 bridgehead atoms. The van der Waals surface area contributed by atoms with Crippen LogP contribution in [0.5, 0.6) is 17.2 Å². The average Bonchev–Trinajstić information content (AvgIpc) is 2.85. The van der Waals surface area contributed by atoms with Crippen LogP contribution in [0.25, 0.3) is 22.3 Å². The number of carboxylic acids is 1. The van der Waals surface area contributed by atoms with Crippen molar-refractivity contribution in [1.29, 1.82) is 0 Å². The van der Waals surface area contributed by atoms with Gasteiger partial charge in [-0.2, -0.15) is 16.8 Å². The highest BCUT2D eigenvalue weighted by molar-refractivity contribution is 7.81. The van der Waals surface area contributed by atoms with E-state index in [1.165, 1.54) is 24.3 Å². The van der Waals surface area contributed by atoms with E-state index >= 15 is 0 Å². The molecule has 0 aliphatic carbocycles. The summed E-state index contributed by atoms with van der Waals surface area (Å²) in [5.74, 6) is -5.01. The lowest BCUT2D eigenvalue weighted by molar-refractivity contribution is -0.271. The molecule has 1 saturated heterocycles. The second-order valence-electron chi connectivity index (χ2n) is 8.12. The SMILES string of the molecule is O=C(O)[C@@H]1O[C@H](Oc2c(-c3ccc(OS(=O)(=O)O)c(OS(=O)(=O)O)c3)oc3ccccc3c2=O)[C@@H](O)[C@H](O)[C@H]1O. The summed E-state index contributed by atoms with van der Waals surface area (Å²) >= 11 is 0. The zero-order chi connectivity index (χ0) is 29.6. The quantitative estimate of drug-likeness (QED) is 0.169. The molecule has 0 amide bonds. The second-order valence-corrected chi connectivity index (χ2v) is 10.2. The van der Waals surface area contributed by atoms with Crippen LogP contribution < -0.4 is 18.5 Å². The molecule has 19 heteroatoms. The molecule has 0 spiro atoms. The molecule has 216 valence electrons. The Bertz CT molecular complexity index is 1730. The molecule has 3 aromatic rings. The van der Waals surface area contributed by atoms with Crippen LogP contribution in [0.4, 0.5) is 0 Å². The maximum Gasteiger partial charge on any atom is 0.446 e. The summed E-state index contributed by atoms with van der Waals surface area (Å²) in [5, 5.41) is 39.6. The first-order valence-electron chi connectivity index (χ1n) is 10.7. The molecule has 2 heterocycles. The minimum absolute atomic E-state index is 0.0608. The Morgan fingerprint density at radius 1 is 0.850 bits per heavy atom. The fourth-order valence-electron chi connectivity index (χ4n) is 3.70. The Kier molecular flexibility index (Phi) is 7.75. The van der Waals surface area contributed by atoms with E-state index in [4.69, 9.17) is 23.0 Å². The van der Waals surface area contributed by atoms with E-state index in [1.807, 2.05) is 0 Å². The largest absolute Gasteiger partial charge is 0.479 e. The maximum absolute atomic E-state index is 13.4. The number of rotatable bonds is 8. The van der Waals surface area contributed by atoms with Gasteiger partial charge in [0.2, 0.25) is 17.5 Å². The van der Waals surface area contributed by atoms with Gasteiger partial charge in [0.05, 0.1) is 5.39 Å². The van der Waals surface area contributed by atoms with E-state index in [2.05, 4.69) is 8.37 Å². The van der Waals surface area contributed by atoms with Crippen molar-refractivity contribution in [2.75, 3.05) is 0 Å². The number of aliphatic carboxylic acids is 1. The summed E-state index contributed by atoms with van der Waals surface area (Å²) < 4.78 is 87.8. The third-order valence-corrected chi connectivity index (χ3v) is 6.18. The van der Waals surface area contributed by atoms with Gasteiger partial charge in [-0.15, -0.1) is 0 Å². The molecule has 0 unspecified atom stereocenters. The van der Waals surface area contributed by atoms with Crippen molar-refractivity contribution in [3.05, 3.63) is 52.7 Å². The van der Waals surface area contributed by atoms with Crippen molar-refractivity contribution in [2.45, 2.75) is 30.7 Å². The summed E-state index contributed by atoms with van der Waals surface area (Å²) in [6.45, 7) is 0. The van der Waals surface area contributed by atoms with Crippen molar-refractivity contribution in [1.82, 2.24) is 0 Å². The number of hydrogen-bond donors (Lipinski definition) is 6. The first-order valence-corrected chi connectivity index (χ1v) is 13.4. The molecule has 1 aromatic heterocycles. The summed E-state index contributed by atoms with van der Waals surface area (Å²) in [4.78, 5) is 24.8. The predicted molar refractivity (Wildman–Crippen MR) is 127 cm³/mol. The molecule has 4 rings (SSSR count). The van der Waals surface area contributed by atoms with E-state index in [9.17, 15) is 46.9 Å². The smallest absolute Gasteiger partial charge is 0.446 e. The van der Waals surface area contributed by atoms with E-state index in [1.54, 1.807) is 0 Å². The van der Waals surface area contributed by atoms with Crippen molar-refractivity contribution in [3.8, 4) is 28.6 Å². The molecule has 17 nitrogen and oxygen atoms in total. The van der Waals surface area contributed by atoms with Crippen LogP contribution in [0.2, 0.25) is 0 Å². The molecule has 5 atom stereocenters. The van der Waals surface area contributed by atoms with E-state index in [0.717, 1.165) is 12.1 Å². The molecule has 0 radical (unpaired) electrons. The van der Waals surface area contributed by atoms with Gasteiger partial charge in [0.15, 0.2) is 23.4 Å². The van der Waals surface area contributed by atoms with E-state index in [0.29, 0.717) is 6.07 Å².